The van der Waals surface area contributed by atoms with Crippen molar-refractivity contribution < 1.29 is 9.90 Å². The summed E-state index contributed by atoms with van der Waals surface area (Å²) < 4.78 is 0. The Hall–Kier alpha value is -0.850. The highest BCUT2D eigenvalue weighted by atomic mass is 16.3. The molecule has 3 N–H and O–H groups in total. The van der Waals surface area contributed by atoms with Crippen molar-refractivity contribution in [3.05, 3.63) is 0 Å². The van der Waals surface area contributed by atoms with Crippen molar-refractivity contribution in [3.8, 4) is 0 Å². The molecule has 6 nitrogen and oxygen atoms in total. The molecule has 0 aromatic heterocycles. The van der Waals surface area contributed by atoms with Crippen molar-refractivity contribution in [1.82, 2.24) is 20.4 Å². The number of piperazine rings is 3. The number of fused-ring (bicyclic) bond motifs is 5. The SMILES string of the molecule is O=C(NCC1CN2CCN1CC2)NC1C2CCC(C2)C1CO. The zero-order valence-corrected chi connectivity index (χ0v) is 13.2. The average molecular weight is 308 g/mol. The molecule has 5 atom stereocenters. The topological polar surface area (TPSA) is 67.8 Å². The quantitative estimate of drug-likeness (QED) is 0.667. The minimum absolute atomic E-state index is 0.0475. The number of aliphatic hydroxyl groups is 1. The highest BCUT2D eigenvalue weighted by Gasteiger charge is 2.47. The Morgan fingerprint density at radius 3 is 2.59 bits per heavy atom. The largest absolute Gasteiger partial charge is 0.396 e. The van der Waals surface area contributed by atoms with E-state index in [1.165, 1.54) is 32.4 Å². The number of aliphatic hydroxyl groups excluding tert-OH is 1. The minimum atomic E-state index is -0.0475. The summed E-state index contributed by atoms with van der Waals surface area (Å²) in [5, 5.41) is 15.8. The monoisotopic (exact) mass is 308 g/mol. The van der Waals surface area contributed by atoms with Gasteiger partial charge in [0.25, 0.3) is 0 Å². The molecule has 5 fully saturated rings. The Balaban J connectivity index is 1.26. The summed E-state index contributed by atoms with van der Waals surface area (Å²) >= 11 is 0. The van der Waals surface area contributed by atoms with Gasteiger partial charge < -0.3 is 15.7 Å². The smallest absolute Gasteiger partial charge is 0.315 e. The zero-order chi connectivity index (χ0) is 15.1. The lowest BCUT2D eigenvalue weighted by Gasteiger charge is -2.47. The van der Waals surface area contributed by atoms with E-state index in [-0.39, 0.29) is 24.6 Å². The van der Waals surface area contributed by atoms with E-state index in [2.05, 4.69) is 20.4 Å². The normalized spacial score (nSPS) is 46.0. The molecule has 2 saturated carbocycles. The van der Waals surface area contributed by atoms with Crippen LogP contribution in [-0.4, -0.2) is 78.9 Å². The molecule has 3 aliphatic heterocycles. The predicted molar refractivity (Wildman–Crippen MR) is 83.5 cm³/mol. The van der Waals surface area contributed by atoms with Gasteiger partial charge in [-0.2, -0.15) is 0 Å². The number of amides is 2. The number of urea groups is 1. The first-order valence-corrected chi connectivity index (χ1v) is 8.86. The van der Waals surface area contributed by atoms with Crippen molar-refractivity contribution in [2.45, 2.75) is 31.3 Å². The van der Waals surface area contributed by atoms with E-state index in [0.29, 0.717) is 17.9 Å². The molecule has 5 rings (SSSR count). The molecular formula is C16H28N4O2. The van der Waals surface area contributed by atoms with Crippen molar-refractivity contribution >= 4 is 6.03 Å². The Kier molecular flexibility index (Phi) is 4.00. The zero-order valence-electron chi connectivity index (χ0n) is 13.2. The lowest BCUT2D eigenvalue weighted by Crippen LogP contribution is -2.64. The Labute approximate surface area is 132 Å². The second-order valence-corrected chi connectivity index (χ2v) is 7.55. The standard InChI is InChI=1S/C16H28N4O2/c21-10-14-11-1-2-12(7-11)15(14)18-16(22)17-8-13-9-19-3-5-20(13)6-4-19/h11-15,21H,1-10H2,(H2,17,18,22). The van der Waals surface area contributed by atoms with Gasteiger partial charge in [0, 0.05) is 63.9 Å². The van der Waals surface area contributed by atoms with Crippen LogP contribution in [0.25, 0.3) is 0 Å². The van der Waals surface area contributed by atoms with Gasteiger partial charge in [0.15, 0.2) is 0 Å². The van der Waals surface area contributed by atoms with Gasteiger partial charge in [0.05, 0.1) is 0 Å². The first-order chi connectivity index (χ1) is 10.7. The molecule has 0 aromatic carbocycles. The number of nitrogens with one attached hydrogen (secondary N) is 2. The van der Waals surface area contributed by atoms with Crippen molar-refractivity contribution in [3.63, 3.8) is 0 Å². The summed E-state index contributed by atoms with van der Waals surface area (Å²) in [7, 11) is 0. The predicted octanol–water partition coefficient (Wildman–Crippen LogP) is -0.308. The van der Waals surface area contributed by atoms with Crippen molar-refractivity contribution in [1.29, 1.82) is 0 Å². The molecule has 2 aliphatic carbocycles. The lowest BCUT2D eigenvalue weighted by molar-refractivity contribution is 0.0147. The van der Waals surface area contributed by atoms with Crippen LogP contribution in [0.1, 0.15) is 19.3 Å². The van der Waals surface area contributed by atoms with Gasteiger partial charge in [-0.1, -0.05) is 0 Å². The van der Waals surface area contributed by atoms with Crippen LogP contribution >= 0.6 is 0 Å². The van der Waals surface area contributed by atoms with Crippen LogP contribution in [0.5, 0.6) is 0 Å². The second kappa shape index (κ2) is 5.98. The number of carbonyl (C=O) groups excluding carboxylic acids is 1. The third kappa shape index (κ3) is 2.61. The van der Waals surface area contributed by atoms with Crippen molar-refractivity contribution in [2.75, 3.05) is 45.9 Å². The summed E-state index contributed by atoms with van der Waals surface area (Å²) in [5.41, 5.74) is 0. The maximum atomic E-state index is 12.2. The summed E-state index contributed by atoms with van der Waals surface area (Å²) in [4.78, 5) is 17.2. The summed E-state index contributed by atoms with van der Waals surface area (Å²) in [6.45, 7) is 6.62. The lowest BCUT2D eigenvalue weighted by atomic mass is 9.85. The molecule has 0 aromatic rings. The van der Waals surface area contributed by atoms with Crippen LogP contribution in [0.2, 0.25) is 0 Å². The second-order valence-electron chi connectivity index (χ2n) is 7.55. The third-order valence-corrected chi connectivity index (χ3v) is 6.49. The molecule has 2 amide bonds. The fourth-order valence-electron chi connectivity index (χ4n) is 5.23. The molecule has 0 radical (unpaired) electrons. The summed E-state index contributed by atoms with van der Waals surface area (Å²) in [6, 6.07) is 0.589. The summed E-state index contributed by atoms with van der Waals surface area (Å²) in [6.07, 6.45) is 3.61. The number of carbonyl (C=O) groups is 1. The van der Waals surface area contributed by atoms with E-state index in [1.807, 2.05) is 0 Å². The first-order valence-electron chi connectivity index (χ1n) is 8.86. The molecule has 22 heavy (non-hydrogen) atoms. The van der Waals surface area contributed by atoms with Gasteiger partial charge in [-0.25, -0.2) is 4.79 Å². The first kappa shape index (κ1) is 14.7. The highest BCUT2D eigenvalue weighted by molar-refractivity contribution is 5.74. The molecule has 3 saturated heterocycles. The third-order valence-electron chi connectivity index (χ3n) is 6.49. The van der Waals surface area contributed by atoms with Crippen LogP contribution in [-0.2, 0) is 0 Å². The Morgan fingerprint density at radius 2 is 1.91 bits per heavy atom. The van der Waals surface area contributed by atoms with Crippen LogP contribution in [0, 0.1) is 17.8 Å². The maximum absolute atomic E-state index is 12.2. The Morgan fingerprint density at radius 1 is 1.14 bits per heavy atom. The number of hydrogen-bond acceptors (Lipinski definition) is 4. The molecule has 6 heteroatoms. The van der Waals surface area contributed by atoms with Crippen LogP contribution in [0.15, 0.2) is 0 Å². The number of hydrogen-bond donors (Lipinski definition) is 3. The molecular weight excluding hydrogens is 280 g/mol. The van der Waals surface area contributed by atoms with Gasteiger partial charge >= 0.3 is 6.03 Å². The molecule has 5 aliphatic rings. The van der Waals surface area contributed by atoms with Gasteiger partial charge in [-0.3, -0.25) is 9.80 Å². The molecule has 5 unspecified atom stereocenters. The van der Waals surface area contributed by atoms with Crippen molar-refractivity contribution in [2.24, 2.45) is 17.8 Å². The molecule has 4 bridgehead atoms. The van der Waals surface area contributed by atoms with Gasteiger partial charge in [-0.15, -0.1) is 0 Å². The van der Waals surface area contributed by atoms with E-state index < -0.39 is 0 Å². The van der Waals surface area contributed by atoms with Gasteiger partial charge in [-0.05, 0) is 31.1 Å². The van der Waals surface area contributed by atoms with Crippen LogP contribution in [0.4, 0.5) is 4.79 Å². The van der Waals surface area contributed by atoms with E-state index >= 15 is 0 Å². The molecule has 3 heterocycles. The van der Waals surface area contributed by atoms with E-state index in [1.54, 1.807) is 0 Å². The van der Waals surface area contributed by atoms with E-state index in [0.717, 1.165) is 26.2 Å². The van der Waals surface area contributed by atoms with Crippen LogP contribution in [0.3, 0.4) is 0 Å². The van der Waals surface area contributed by atoms with Crippen LogP contribution < -0.4 is 10.6 Å². The van der Waals surface area contributed by atoms with Gasteiger partial charge in [0.1, 0.15) is 0 Å². The highest BCUT2D eigenvalue weighted by Crippen LogP contribution is 2.48. The number of rotatable bonds is 4. The molecule has 0 spiro atoms. The van der Waals surface area contributed by atoms with E-state index in [9.17, 15) is 9.90 Å². The van der Waals surface area contributed by atoms with Gasteiger partial charge in [0.2, 0.25) is 0 Å². The minimum Gasteiger partial charge on any atom is -0.396 e. The number of nitrogens with zero attached hydrogens (tertiary/aromatic N) is 2. The molecule has 124 valence electrons. The fourth-order valence-corrected chi connectivity index (χ4v) is 5.23. The summed E-state index contributed by atoms with van der Waals surface area (Å²) in [5.74, 6) is 1.46. The maximum Gasteiger partial charge on any atom is 0.315 e. The average Bonchev–Trinajstić information content (AvgIpc) is 3.15. The van der Waals surface area contributed by atoms with E-state index in [4.69, 9.17) is 0 Å². The fraction of sp³-hybridized carbons (Fsp3) is 0.938. The Bertz CT molecular complexity index is 424.